The molecule has 2 aromatic carbocycles. The van der Waals surface area contributed by atoms with Gasteiger partial charge in [-0.2, -0.15) is 0 Å². The topological polar surface area (TPSA) is 91.3 Å². The molecule has 7 heteroatoms. The van der Waals surface area contributed by atoms with Crippen molar-refractivity contribution in [2.75, 3.05) is 27.4 Å². The van der Waals surface area contributed by atoms with Crippen LogP contribution in [0.3, 0.4) is 0 Å². The fourth-order valence-corrected chi connectivity index (χ4v) is 3.34. The normalized spacial score (nSPS) is 11.0. The molecule has 2 aromatic rings. The van der Waals surface area contributed by atoms with E-state index in [2.05, 4.69) is 13.2 Å². The number of hydrogen-bond donors (Lipinski definition) is 1. The van der Waals surface area contributed by atoms with E-state index in [1.54, 1.807) is 18.2 Å². The van der Waals surface area contributed by atoms with E-state index < -0.39 is 17.5 Å². The van der Waals surface area contributed by atoms with E-state index in [1.165, 1.54) is 44.6 Å². The van der Waals surface area contributed by atoms with E-state index in [4.69, 9.17) is 18.9 Å². The van der Waals surface area contributed by atoms with E-state index in [9.17, 15) is 14.7 Å². The molecule has 170 valence electrons. The lowest BCUT2D eigenvalue weighted by Gasteiger charge is -2.33. The van der Waals surface area contributed by atoms with Crippen LogP contribution in [-0.2, 0) is 31.2 Å². The number of aryl methyl sites for hydroxylation is 1. The van der Waals surface area contributed by atoms with Crippen LogP contribution < -0.4 is 4.74 Å². The number of ketones is 1. The van der Waals surface area contributed by atoms with Gasteiger partial charge in [0.15, 0.2) is 17.3 Å². The molecular formula is C25H28O7. The minimum absolute atomic E-state index is 0.0368. The van der Waals surface area contributed by atoms with Crippen LogP contribution >= 0.6 is 0 Å². The molecule has 0 fully saturated rings. The molecule has 0 amide bonds. The van der Waals surface area contributed by atoms with Crippen molar-refractivity contribution in [2.24, 2.45) is 0 Å². The highest BCUT2D eigenvalue weighted by atomic mass is 16.7. The Hall–Kier alpha value is -3.42. The van der Waals surface area contributed by atoms with E-state index >= 15 is 0 Å². The van der Waals surface area contributed by atoms with Crippen LogP contribution in [0, 0.1) is 0 Å². The first-order valence-corrected chi connectivity index (χ1v) is 10.0. The third-order valence-electron chi connectivity index (χ3n) is 4.81. The first-order valence-electron chi connectivity index (χ1n) is 10.0. The Kier molecular flexibility index (Phi) is 8.75. The summed E-state index contributed by atoms with van der Waals surface area (Å²) in [5.74, 6) is -3.20. The SMILES string of the molecule is C=CCOC(OCC=C)(C(=O)OC)c1c(CC)cccc1C(=O)c1ccc(O)c(OC)c1. The number of phenolic OH excluding ortho intramolecular Hbond substituents is 1. The van der Waals surface area contributed by atoms with Crippen molar-refractivity contribution in [2.45, 2.75) is 19.1 Å². The standard InChI is InChI=1S/C25H28O7/c1-6-14-31-25(24(28)30-5,32-15-7-2)22-17(8-3)10-9-11-19(22)23(27)18-12-13-20(26)21(16-18)29-4/h6-7,9-13,16,26H,1-2,8,14-15H2,3-5H3. The summed E-state index contributed by atoms with van der Waals surface area (Å²) in [5, 5.41) is 9.90. The van der Waals surface area contributed by atoms with E-state index in [1.807, 2.05) is 6.92 Å². The number of carbonyl (C=O) groups is 2. The van der Waals surface area contributed by atoms with Crippen LogP contribution in [-0.4, -0.2) is 44.3 Å². The molecule has 7 nitrogen and oxygen atoms in total. The van der Waals surface area contributed by atoms with Gasteiger partial charge in [0, 0.05) is 16.7 Å². The number of esters is 1. The van der Waals surface area contributed by atoms with Gasteiger partial charge in [0.1, 0.15) is 0 Å². The molecule has 0 saturated carbocycles. The van der Waals surface area contributed by atoms with E-state index in [0.717, 1.165) is 0 Å². The summed E-state index contributed by atoms with van der Waals surface area (Å²) < 4.78 is 21.9. The van der Waals surface area contributed by atoms with Crippen LogP contribution in [0.5, 0.6) is 11.5 Å². The van der Waals surface area contributed by atoms with Crippen LogP contribution in [0.25, 0.3) is 0 Å². The van der Waals surface area contributed by atoms with Crippen molar-refractivity contribution in [1.82, 2.24) is 0 Å². The molecule has 0 radical (unpaired) electrons. The van der Waals surface area contributed by atoms with Crippen LogP contribution in [0.1, 0.15) is 34.0 Å². The van der Waals surface area contributed by atoms with Gasteiger partial charge in [-0.3, -0.25) is 4.79 Å². The Morgan fingerprint density at radius 1 is 1.06 bits per heavy atom. The number of carbonyl (C=O) groups excluding carboxylic acids is 2. The summed E-state index contributed by atoms with van der Waals surface area (Å²) in [5.41, 5.74) is 1.35. The van der Waals surface area contributed by atoms with Crippen molar-refractivity contribution < 1.29 is 33.6 Å². The Labute approximate surface area is 187 Å². The van der Waals surface area contributed by atoms with Crippen LogP contribution in [0.2, 0.25) is 0 Å². The Morgan fingerprint density at radius 2 is 1.72 bits per heavy atom. The number of phenols is 1. The van der Waals surface area contributed by atoms with Gasteiger partial charge in [0.05, 0.1) is 27.4 Å². The molecule has 0 unspecified atom stereocenters. The average molecular weight is 440 g/mol. The molecule has 0 atom stereocenters. The lowest BCUT2D eigenvalue weighted by Crippen LogP contribution is -2.45. The Balaban J connectivity index is 2.81. The van der Waals surface area contributed by atoms with Gasteiger partial charge in [-0.05, 0) is 30.2 Å². The highest BCUT2D eigenvalue weighted by Gasteiger charge is 2.48. The molecule has 0 aliphatic rings. The summed E-state index contributed by atoms with van der Waals surface area (Å²) in [6, 6.07) is 9.35. The number of rotatable bonds is 12. The molecule has 2 rings (SSSR count). The number of aromatic hydroxyl groups is 1. The molecule has 0 aliphatic carbocycles. The molecular weight excluding hydrogens is 412 g/mol. The molecule has 0 spiro atoms. The van der Waals surface area contributed by atoms with Crippen LogP contribution in [0.15, 0.2) is 61.7 Å². The maximum absolute atomic E-state index is 13.6. The van der Waals surface area contributed by atoms with Gasteiger partial charge in [0.25, 0.3) is 5.79 Å². The second-order valence-corrected chi connectivity index (χ2v) is 6.72. The van der Waals surface area contributed by atoms with Crippen molar-refractivity contribution in [3.63, 3.8) is 0 Å². The predicted molar refractivity (Wildman–Crippen MR) is 120 cm³/mol. The monoisotopic (exact) mass is 440 g/mol. The predicted octanol–water partition coefficient (Wildman–Crippen LogP) is 3.93. The fraction of sp³-hybridized carbons (Fsp3) is 0.280. The fourth-order valence-electron chi connectivity index (χ4n) is 3.34. The second kappa shape index (κ2) is 11.3. The Bertz CT molecular complexity index is 982. The molecule has 32 heavy (non-hydrogen) atoms. The third kappa shape index (κ3) is 4.90. The van der Waals surface area contributed by atoms with Crippen molar-refractivity contribution in [1.29, 1.82) is 0 Å². The molecule has 0 aromatic heterocycles. The lowest BCUT2D eigenvalue weighted by atomic mass is 9.88. The zero-order chi connectivity index (χ0) is 23.7. The van der Waals surface area contributed by atoms with E-state index in [-0.39, 0.29) is 41.4 Å². The van der Waals surface area contributed by atoms with Gasteiger partial charge >= 0.3 is 5.97 Å². The maximum Gasteiger partial charge on any atom is 0.371 e. The largest absolute Gasteiger partial charge is 0.504 e. The van der Waals surface area contributed by atoms with Crippen molar-refractivity contribution >= 4 is 11.8 Å². The Morgan fingerprint density at radius 3 is 2.25 bits per heavy atom. The molecule has 0 heterocycles. The minimum Gasteiger partial charge on any atom is -0.504 e. The number of ether oxygens (including phenoxy) is 4. The van der Waals surface area contributed by atoms with Gasteiger partial charge < -0.3 is 24.1 Å². The smallest absolute Gasteiger partial charge is 0.371 e. The summed E-state index contributed by atoms with van der Waals surface area (Å²) in [6.45, 7) is 9.10. The first-order chi connectivity index (χ1) is 15.4. The summed E-state index contributed by atoms with van der Waals surface area (Å²) in [4.78, 5) is 26.6. The summed E-state index contributed by atoms with van der Waals surface area (Å²) >= 11 is 0. The minimum atomic E-state index is -2.02. The van der Waals surface area contributed by atoms with Gasteiger partial charge in [-0.15, -0.1) is 13.2 Å². The highest BCUT2D eigenvalue weighted by Crippen LogP contribution is 2.37. The van der Waals surface area contributed by atoms with Gasteiger partial charge in [-0.25, -0.2) is 4.79 Å². The first kappa shape index (κ1) is 24.8. The lowest BCUT2D eigenvalue weighted by molar-refractivity contribution is -0.246. The molecule has 1 N–H and O–H groups in total. The van der Waals surface area contributed by atoms with Crippen molar-refractivity contribution in [3.8, 4) is 11.5 Å². The number of benzene rings is 2. The number of hydrogen-bond acceptors (Lipinski definition) is 7. The molecule has 0 aliphatic heterocycles. The van der Waals surface area contributed by atoms with Gasteiger partial charge in [-0.1, -0.05) is 37.3 Å². The zero-order valence-corrected chi connectivity index (χ0v) is 18.6. The molecule has 0 bridgehead atoms. The quantitative estimate of drug-likeness (QED) is 0.231. The average Bonchev–Trinajstić information content (AvgIpc) is 2.83. The maximum atomic E-state index is 13.6. The van der Waals surface area contributed by atoms with Gasteiger partial charge in [0.2, 0.25) is 0 Å². The summed E-state index contributed by atoms with van der Waals surface area (Å²) in [7, 11) is 2.60. The third-order valence-corrected chi connectivity index (χ3v) is 4.81. The van der Waals surface area contributed by atoms with E-state index in [0.29, 0.717) is 12.0 Å². The zero-order valence-electron chi connectivity index (χ0n) is 18.6. The number of methoxy groups -OCH3 is 2. The molecule has 0 saturated heterocycles. The van der Waals surface area contributed by atoms with Crippen molar-refractivity contribution in [3.05, 3.63) is 84.0 Å². The summed E-state index contributed by atoms with van der Waals surface area (Å²) in [6.07, 6.45) is 3.43. The van der Waals surface area contributed by atoms with Crippen LogP contribution in [0.4, 0.5) is 0 Å². The second-order valence-electron chi connectivity index (χ2n) is 6.72. The highest BCUT2D eigenvalue weighted by molar-refractivity contribution is 6.11.